The van der Waals surface area contributed by atoms with E-state index < -0.39 is 5.54 Å². The second kappa shape index (κ2) is 7.36. The molecule has 0 bridgehead atoms. The fourth-order valence-electron chi connectivity index (χ4n) is 4.01. The molecule has 1 saturated carbocycles. The quantitative estimate of drug-likeness (QED) is 0.848. The highest BCUT2D eigenvalue weighted by Gasteiger charge is 2.43. The van der Waals surface area contributed by atoms with E-state index in [2.05, 4.69) is 22.0 Å². The molecule has 0 aromatic heterocycles. The van der Waals surface area contributed by atoms with Gasteiger partial charge in [-0.25, -0.2) is 4.85 Å². The summed E-state index contributed by atoms with van der Waals surface area (Å²) in [6.07, 6.45) is 8.01. The second-order valence-electron chi connectivity index (χ2n) is 7.39. The predicted octanol–water partition coefficient (Wildman–Crippen LogP) is 4.04. The lowest BCUT2D eigenvalue weighted by Gasteiger charge is -2.36. The van der Waals surface area contributed by atoms with Crippen LogP contribution in [0, 0.1) is 6.57 Å². The zero-order valence-electron chi connectivity index (χ0n) is 14.6. The number of benzene rings is 1. The van der Waals surface area contributed by atoms with Crippen molar-refractivity contribution in [2.45, 2.75) is 70.0 Å². The van der Waals surface area contributed by atoms with Gasteiger partial charge in [-0.2, -0.15) is 0 Å². The van der Waals surface area contributed by atoms with Gasteiger partial charge in [-0.3, -0.25) is 9.69 Å². The van der Waals surface area contributed by atoms with Crippen molar-refractivity contribution in [3.05, 3.63) is 41.2 Å². The van der Waals surface area contributed by atoms with E-state index in [4.69, 9.17) is 6.57 Å². The maximum atomic E-state index is 12.9. The summed E-state index contributed by atoms with van der Waals surface area (Å²) in [7, 11) is 0. The average molecular weight is 325 g/mol. The predicted molar refractivity (Wildman–Crippen MR) is 95.8 cm³/mol. The molecule has 1 unspecified atom stereocenters. The van der Waals surface area contributed by atoms with Crippen LogP contribution in [-0.4, -0.2) is 28.9 Å². The normalized spacial score (nSPS) is 25.3. The number of hydrogen-bond acceptors (Lipinski definition) is 2. The Morgan fingerprint density at radius 1 is 1.25 bits per heavy atom. The third-order valence-electron chi connectivity index (χ3n) is 5.66. The van der Waals surface area contributed by atoms with Crippen molar-refractivity contribution in [1.29, 1.82) is 0 Å². The third-order valence-corrected chi connectivity index (χ3v) is 5.66. The molecule has 1 heterocycles. The molecule has 2 aliphatic rings. The van der Waals surface area contributed by atoms with Crippen LogP contribution in [0.15, 0.2) is 24.3 Å². The highest BCUT2D eigenvalue weighted by Crippen LogP contribution is 2.32. The van der Waals surface area contributed by atoms with E-state index in [1.54, 1.807) is 0 Å². The molecule has 128 valence electrons. The molecule has 2 fully saturated rings. The van der Waals surface area contributed by atoms with Gasteiger partial charge < -0.3 is 5.32 Å². The number of nitrogens with one attached hydrogen (secondary N) is 1. The summed E-state index contributed by atoms with van der Waals surface area (Å²) in [4.78, 5) is 18.7. The fourth-order valence-corrected chi connectivity index (χ4v) is 4.01. The molecule has 1 saturated heterocycles. The number of hydrogen-bond donors (Lipinski definition) is 1. The van der Waals surface area contributed by atoms with Gasteiger partial charge in [0, 0.05) is 12.6 Å². The summed E-state index contributed by atoms with van der Waals surface area (Å²) in [6.45, 7) is 10.9. The number of amides is 1. The Morgan fingerprint density at radius 2 is 1.96 bits per heavy atom. The van der Waals surface area contributed by atoms with E-state index in [0.29, 0.717) is 11.7 Å². The van der Waals surface area contributed by atoms with Gasteiger partial charge in [0.2, 0.25) is 5.91 Å². The number of rotatable bonds is 4. The monoisotopic (exact) mass is 325 g/mol. The van der Waals surface area contributed by atoms with E-state index in [-0.39, 0.29) is 5.91 Å². The van der Waals surface area contributed by atoms with Crippen molar-refractivity contribution in [2.24, 2.45) is 0 Å². The molecule has 1 aromatic rings. The van der Waals surface area contributed by atoms with Crippen LogP contribution in [0.25, 0.3) is 4.85 Å². The van der Waals surface area contributed by atoms with Crippen LogP contribution in [0.4, 0.5) is 5.69 Å². The zero-order valence-corrected chi connectivity index (χ0v) is 14.6. The van der Waals surface area contributed by atoms with Crippen molar-refractivity contribution in [3.8, 4) is 0 Å². The Bertz CT molecular complexity index is 613. The van der Waals surface area contributed by atoms with Gasteiger partial charge in [0.05, 0.1) is 12.1 Å². The number of likely N-dealkylation sites (tertiary alicyclic amines) is 1. The van der Waals surface area contributed by atoms with Gasteiger partial charge >= 0.3 is 0 Å². The Labute approximate surface area is 145 Å². The minimum absolute atomic E-state index is 0.199. The number of carbonyl (C=O) groups is 1. The van der Waals surface area contributed by atoms with Crippen LogP contribution in [0.3, 0.4) is 0 Å². The molecule has 1 aliphatic carbocycles. The maximum Gasteiger partial charge on any atom is 0.240 e. The first-order valence-electron chi connectivity index (χ1n) is 9.14. The summed E-state index contributed by atoms with van der Waals surface area (Å²) in [6, 6.07) is 8.09. The number of nitrogens with zero attached hydrogens (tertiary/aromatic N) is 2. The summed E-state index contributed by atoms with van der Waals surface area (Å²) in [5, 5.41) is 3.31. The fraction of sp³-hybridized carbons (Fsp3) is 0.600. The average Bonchev–Trinajstić information content (AvgIpc) is 2.98. The molecule has 1 aromatic carbocycles. The zero-order chi connectivity index (χ0) is 17.0. The van der Waals surface area contributed by atoms with Gasteiger partial charge in [-0.1, -0.05) is 43.5 Å². The van der Waals surface area contributed by atoms with Crippen LogP contribution in [0.2, 0.25) is 0 Å². The van der Waals surface area contributed by atoms with Crippen molar-refractivity contribution in [1.82, 2.24) is 10.2 Å². The Morgan fingerprint density at radius 3 is 2.62 bits per heavy atom. The Balaban J connectivity index is 1.65. The van der Waals surface area contributed by atoms with Crippen molar-refractivity contribution < 1.29 is 4.79 Å². The van der Waals surface area contributed by atoms with Crippen molar-refractivity contribution in [3.63, 3.8) is 0 Å². The van der Waals surface area contributed by atoms with E-state index >= 15 is 0 Å². The van der Waals surface area contributed by atoms with Gasteiger partial charge in [-0.15, -0.1) is 0 Å². The molecule has 1 amide bonds. The van der Waals surface area contributed by atoms with Crippen LogP contribution in [0.1, 0.15) is 57.4 Å². The molecule has 24 heavy (non-hydrogen) atoms. The van der Waals surface area contributed by atoms with E-state index in [1.165, 1.54) is 24.8 Å². The summed E-state index contributed by atoms with van der Waals surface area (Å²) >= 11 is 0. The lowest BCUT2D eigenvalue weighted by molar-refractivity contribution is -0.132. The SMILES string of the molecule is [C-]#[N+]c1ccc(CN2CCCC2(C)C(=O)NC2CCCCC2)cc1. The summed E-state index contributed by atoms with van der Waals surface area (Å²) < 4.78 is 0. The first-order valence-corrected chi connectivity index (χ1v) is 9.14. The highest BCUT2D eigenvalue weighted by molar-refractivity contribution is 5.86. The molecular weight excluding hydrogens is 298 g/mol. The minimum atomic E-state index is -0.407. The molecule has 1 atom stereocenters. The molecule has 1 N–H and O–H groups in total. The van der Waals surface area contributed by atoms with Gasteiger partial charge in [-0.05, 0) is 44.7 Å². The van der Waals surface area contributed by atoms with Gasteiger partial charge in [0.25, 0.3) is 0 Å². The smallest absolute Gasteiger partial charge is 0.240 e. The van der Waals surface area contributed by atoms with Gasteiger partial charge in [0.1, 0.15) is 0 Å². The molecule has 0 spiro atoms. The van der Waals surface area contributed by atoms with Gasteiger partial charge in [0.15, 0.2) is 5.69 Å². The molecule has 4 nitrogen and oxygen atoms in total. The molecule has 0 radical (unpaired) electrons. The lowest BCUT2D eigenvalue weighted by atomic mass is 9.92. The topological polar surface area (TPSA) is 36.7 Å². The van der Waals surface area contributed by atoms with E-state index in [0.717, 1.165) is 38.8 Å². The largest absolute Gasteiger partial charge is 0.352 e. The first-order chi connectivity index (χ1) is 11.6. The summed E-state index contributed by atoms with van der Waals surface area (Å²) in [5.41, 5.74) is 1.43. The van der Waals surface area contributed by atoms with Crippen LogP contribution in [-0.2, 0) is 11.3 Å². The van der Waals surface area contributed by atoms with Crippen LogP contribution >= 0.6 is 0 Å². The van der Waals surface area contributed by atoms with E-state index in [1.807, 2.05) is 24.3 Å². The molecule has 3 rings (SSSR count). The number of carbonyl (C=O) groups excluding carboxylic acids is 1. The lowest BCUT2D eigenvalue weighted by Crippen LogP contribution is -2.55. The molecule has 1 aliphatic heterocycles. The Kier molecular flexibility index (Phi) is 5.20. The Hall–Kier alpha value is -1.86. The van der Waals surface area contributed by atoms with Crippen LogP contribution < -0.4 is 5.32 Å². The minimum Gasteiger partial charge on any atom is -0.352 e. The summed E-state index contributed by atoms with van der Waals surface area (Å²) in [5.74, 6) is 0.199. The maximum absolute atomic E-state index is 12.9. The van der Waals surface area contributed by atoms with Crippen molar-refractivity contribution in [2.75, 3.05) is 6.54 Å². The molecule has 4 heteroatoms. The first kappa shape index (κ1) is 17.0. The van der Waals surface area contributed by atoms with E-state index in [9.17, 15) is 4.79 Å². The standard InChI is InChI=1S/C20H27N3O/c1-20(19(24)22-18-7-4-3-5-8-18)13-6-14-23(20)15-16-9-11-17(21-2)12-10-16/h9-12,18H,3-8,13-15H2,1H3,(H,22,24). The molecular formula is C20H27N3O. The third kappa shape index (κ3) is 3.62. The second-order valence-corrected chi connectivity index (χ2v) is 7.39. The highest BCUT2D eigenvalue weighted by atomic mass is 16.2. The van der Waals surface area contributed by atoms with Crippen LogP contribution in [0.5, 0.6) is 0 Å². The van der Waals surface area contributed by atoms with Crippen molar-refractivity contribution >= 4 is 11.6 Å².